The van der Waals surface area contributed by atoms with Crippen molar-refractivity contribution in [3.05, 3.63) is 29.8 Å². The second-order valence-corrected chi connectivity index (χ2v) is 3.32. The van der Waals surface area contributed by atoms with Crippen molar-refractivity contribution in [3.63, 3.8) is 0 Å². The molecule has 1 aliphatic rings. The molecule has 1 aliphatic heterocycles. The van der Waals surface area contributed by atoms with Gasteiger partial charge in [0.15, 0.2) is 5.78 Å². The Kier molecular flexibility index (Phi) is 4.27. The normalized spacial score (nSPS) is 12.5. The van der Waals surface area contributed by atoms with Crippen LogP contribution in [0.2, 0.25) is 0 Å². The van der Waals surface area contributed by atoms with Crippen molar-refractivity contribution in [2.45, 2.75) is 19.6 Å². The van der Waals surface area contributed by atoms with Crippen molar-refractivity contribution in [2.24, 2.45) is 0 Å². The fourth-order valence-corrected chi connectivity index (χ4v) is 1.24. The molecule has 1 aromatic carbocycles. The van der Waals surface area contributed by atoms with Gasteiger partial charge in [0, 0.05) is 12.2 Å². The van der Waals surface area contributed by atoms with Crippen molar-refractivity contribution >= 4 is 11.5 Å². The van der Waals surface area contributed by atoms with Crippen LogP contribution in [0.4, 0.5) is 5.69 Å². The zero-order chi connectivity index (χ0) is 11.3. The summed E-state index contributed by atoms with van der Waals surface area (Å²) in [5.74, 6) is -0.630. The Morgan fingerprint density at radius 1 is 1.40 bits per heavy atom. The lowest BCUT2D eigenvalue weighted by Gasteiger charge is -1.94. The van der Waals surface area contributed by atoms with Crippen molar-refractivity contribution in [2.75, 3.05) is 11.9 Å². The molecule has 0 bridgehead atoms. The lowest BCUT2D eigenvalue weighted by atomic mass is 10.2. The Labute approximate surface area is 88.6 Å². The first kappa shape index (κ1) is 11.7. The van der Waals surface area contributed by atoms with E-state index in [1.807, 2.05) is 0 Å². The average Bonchev–Trinajstić information content (AvgIpc) is 2.66. The number of ketones is 1. The summed E-state index contributed by atoms with van der Waals surface area (Å²) in [6, 6.07) is 8.46. The Balaban J connectivity index is 0.000000167. The Morgan fingerprint density at radius 2 is 2.00 bits per heavy atom. The Morgan fingerprint density at radius 3 is 2.53 bits per heavy atom. The molecule has 0 amide bonds. The number of aliphatic hydroxyl groups excluding tert-OH is 1. The maximum absolute atomic E-state index is 9.64. The van der Waals surface area contributed by atoms with Gasteiger partial charge in [0.05, 0.1) is 0 Å². The van der Waals surface area contributed by atoms with Gasteiger partial charge in [-0.25, -0.2) is 0 Å². The predicted octanol–water partition coefficient (Wildman–Crippen LogP) is 0.541. The summed E-state index contributed by atoms with van der Waals surface area (Å²) < 4.78 is 0. The summed E-state index contributed by atoms with van der Waals surface area (Å²) in [5.41, 5.74) is 2.77. The zero-order valence-corrected chi connectivity index (χ0v) is 8.60. The van der Waals surface area contributed by atoms with Gasteiger partial charge in [-0.2, -0.15) is 0 Å². The number of Topliss-reactive ketones (excluding diaryl/α,β-unsaturated/α-hetero) is 1. The van der Waals surface area contributed by atoms with Crippen LogP contribution in [0.3, 0.4) is 0 Å². The summed E-state index contributed by atoms with van der Waals surface area (Å²) in [7, 11) is 0. The Bertz CT molecular complexity index is 313. The van der Waals surface area contributed by atoms with E-state index in [0.717, 1.165) is 13.5 Å². The fourth-order valence-electron chi connectivity index (χ4n) is 1.24. The first-order chi connectivity index (χ1) is 7.11. The van der Waals surface area contributed by atoms with E-state index in [2.05, 4.69) is 29.6 Å². The number of hydrogen-bond donors (Lipinski definition) is 3. The second kappa shape index (κ2) is 5.48. The van der Waals surface area contributed by atoms with Crippen LogP contribution < -0.4 is 5.32 Å². The molecule has 0 fully saturated rings. The van der Waals surface area contributed by atoms with Gasteiger partial charge in [0.25, 0.3) is 0 Å². The third kappa shape index (κ3) is 3.69. The molecule has 0 aromatic heterocycles. The molecule has 0 saturated heterocycles. The van der Waals surface area contributed by atoms with E-state index in [1.165, 1.54) is 17.7 Å². The van der Waals surface area contributed by atoms with Crippen LogP contribution in [0.25, 0.3) is 0 Å². The smallest absolute Gasteiger partial charge is 0.212 e. The number of carbonyl (C=O) groups is 1. The predicted molar refractivity (Wildman–Crippen MR) is 57.5 cm³/mol. The second-order valence-electron chi connectivity index (χ2n) is 3.32. The molecule has 82 valence electrons. The number of anilines is 1. The number of nitrogens with one attached hydrogen (secondary N) is 1. The highest BCUT2D eigenvalue weighted by atomic mass is 16.5. The zero-order valence-electron chi connectivity index (χ0n) is 8.60. The van der Waals surface area contributed by atoms with Crippen molar-refractivity contribution in [3.8, 4) is 0 Å². The molecular weight excluding hydrogens is 194 g/mol. The molecule has 0 saturated carbocycles. The minimum Gasteiger partial charge on any atom is -0.384 e. The molecule has 1 heterocycles. The van der Waals surface area contributed by atoms with Crippen LogP contribution in [-0.4, -0.2) is 28.8 Å². The number of benzene rings is 1. The van der Waals surface area contributed by atoms with Gasteiger partial charge in [-0.05, 0) is 25.0 Å². The van der Waals surface area contributed by atoms with Crippen LogP contribution in [-0.2, 0) is 11.2 Å². The lowest BCUT2D eigenvalue weighted by molar-refractivity contribution is -0.142. The third-order valence-corrected chi connectivity index (χ3v) is 2.09. The van der Waals surface area contributed by atoms with Crippen molar-refractivity contribution in [1.82, 2.24) is 0 Å². The summed E-state index contributed by atoms with van der Waals surface area (Å²) in [4.78, 5) is 9.64. The lowest BCUT2D eigenvalue weighted by Crippen LogP contribution is -2.14. The summed E-state index contributed by atoms with van der Waals surface area (Å²) >= 11 is 0. The molecule has 0 radical (unpaired) electrons. The van der Waals surface area contributed by atoms with E-state index < -0.39 is 12.1 Å². The van der Waals surface area contributed by atoms with Crippen LogP contribution in [0.15, 0.2) is 24.3 Å². The number of para-hydroxylation sites is 1. The van der Waals surface area contributed by atoms with Crippen LogP contribution in [0.5, 0.6) is 0 Å². The summed E-state index contributed by atoms with van der Waals surface area (Å²) in [6.45, 7) is 2.21. The quantitative estimate of drug-likeness (QED) is 0.590. The van der Waals surface area contributed by atoms with E-state index in [4.69, 9.17) is 10.2 Å². The van der Waals surface area contributed by atoms with E-state index in [0.29, 0.717) is 0 Å². The number of carbonyl (C=O) groups excluding carboxylic acids is 1. The van der Waals surface area contributed by atoms with Crippen LogP contribution in [0.1, 0.15) is 12.5 Å². The Hall–Kier alpha value is -1.39. The SMILES string of the molecule is CC(=O)C(O)O.c1ccc2c(c1)CCN2. The van der Waals surface area contributed by atoms with E-state index >= 15 is 0 Å². The van der Waals surface area contributed by atoms with Gasteiger partial charge in [0.2, 0.25) is 6.29 Å². The molecule has 1 aromatic rings. The van der Waals surface area contributed by atoms with Crippen molar-refractivity contribution < 1.29 is 15.0 Å². The molecule has 0 atom stereocenters. The van der Waals surface area contributed by atoms with Gasteiger partial charge in [-0.3, -0.25) is 4.79 Å². The van der Waals surface area contributed by atoms with Gasteiger partial charge in [-0.15, -0.1) is 0 Å². The summed E-state index contributed by atoms with van der Waals surface area (Å²) in [6.07, 6.45) is -0.596. The van der Waals surface area contributed by atoms with Gasteiger partial charge in [0.1, 0.15) is 0 Å². The molecule has 3 N–H and O–H groups in total. The molecule has 4 nitrogen and oxygen atoms in total. The van der Waals surface area contributed by atoms with E-state index in [-0.39, 0.29) is 0 Å². The number of hydrogen-bond acceptors (Lipinski definition) is 4. The number of rotatable bonds is 1. The molecule has 15 heavy (non-hydrogen) atoms. The first-order valence-electron chi connectivity index (χ1n) is 4.79. The highest BCUT2D eigenvalue weighted by Crippen LogP contribution is 2.19. The third-order valence-electron chi connectivity index (χ3n) is 2.09. The van der Waals surface area contributed by atoms with Crippen LogP contribution >= 0.6 is 0 Å². The summed E-state index contributed by atoms with van der Waals surface area (Å²) in [5, 5.41) is 19.0. The maximum atomic E-state index is 9.64. The molecular formula is C11H15NO3. The first-order valence-corrected chi connectivity index (χ1v) is 4.79. The monoisotopic (exact) mass is 209 g/mol. The highest BCUT2D eigenvalue weighted by molar-refractivity contribution is 5.78. The fraction of sp³-hybridized carbons (Fsp3) is 0.364. The molecule has 0 unspecified atom stereocenters. The molecule has 4 heteroatoms. The number of fused-ring (bicyclic) bond motifs is 1. The van der Waals surface area contributed by atoms with Crippen molar-refractivity contribution in [1.29, 1.82) is 0 Å². The largest absolute Gasteiger partial charge is 0.384 e. The topological polar surface area (TPSA) is 69.6 Å². The van der Waals surface area contributed by atoms with Gasteiger partial charge >= 0.3 is 0 Å². The van der Waals surface area contributed by atoms with Gasteiger partial charge in [-0.1, -0.05) is 18.2 Å². The minimum atomic E-state index is -1.79. The maximum Gasteiger partial charge on any atom is 0.212 e. The molecule has 2 rings (SSSR count). The van der Waals surface area contributed by atoms with Gasteiger partial charge < -0.3 is 15.5 Å². The van der Waals surface area contributed by atoms with Crippen LogP contribution in [0, 0.1) is 0 Å². The molecule has 0 spiro atoms. The molecule has 0 aliphatic carbocycles. The highest BCUT2D eigenvalue weighted by Gasteiger charge is 2.05. The minimum absolute atomic E-state index is 0.630. The number of aliphatic hydroxyl groups is 2. The average molecular weight is 209 g/mol. The van der Waals surface area contributed by atoms with E-state index in [1.54, 1.807) is 0 Å². The van der Waals surface area contributed by atoms with E-state index in [9.17, 15) is 4.79 Å². The standard InChI is InChI=1S/C8H9N.C3H6O3/c1-2-4-8-7(3-1)5-6-9-8;1-2(4)3(5)6/h1-4,9H,5-6H2;3,5-6H,1H3.